The topological polar surface area (TPSA) is 15.6 Å². The Labute approximate surface area is 172 Å². The Morgan fingerprint density at radius 3 is 2.10 bits per heavy atom. The number of aryl methyl sites for hydroxylation is 1. The van der Waals surface area contributed by atoms with E-state index in [0.29, 0.717) is 35.4 Å². The van der Waals surface area contributed by atoms with Gasteiger partial charge in [0, 0.05) is 23.2 Å². The summed E-state index contributed by atoms with van der Waals surface area (Å²) in [5, 5.41) is 0. The highest BCUT2D eigenvalue weighted by Crippen LogP contribution is 2.37. The van der Waals surface area contributed by atoms with E-state index < -0.39 is 13.2 Å². The Balaban J connectivity index is 1.85. The number of hydrogen-bond acceptors (Lipinski definition) is 2. The van der Waals surface area contributed by atoms with Crippen LogP contribution in [0.2, 0.25) is 0 Å². The first kappa shape index (κ1) is 19.9. The fourth-order valence-corrected chi connectivity index (χ4v) is 3.56. The lowest BCUT2D eigenvalue weighted by Crippen LogP contribution is -2.34. The quantitative estimate of drug-likeness (QED) is 0.269. The average Bonchev–Trinajstić information content (AvgIpc) is 2.75. The summed E-state index contributed by atoms with van der Waals surface area (Å²) in [5.74, 6) is -0.871. The molecule has 0 amide bonds. The van der Waals surface area contributed by atoms with E-state index in [1.54, 1.807) is 18.3 Å². The molecular weight excluding hydrogens is 391 g/mol. The highest BCUT2D eigenvalue weighted by atomic mass is 19.2. The van der Waals surface area contributed by atoms with E-state index >= 15 is 0 Å². The number of allylic oxidation sites excluding steroid dienone is 1. The van der Waals surface area contributed by atoms with Gasteiger partial charge >= 0.3 is 7.40 Å². The SMILES string of the molecule is FB(F)N(C1=C(C=Nc2ccc(F)cc2)CCc2ccccc21)c1ccc(F)cc1. The largest absolute Gasteiger partial charge is 0.678 e. The zero-order chi connectivity index (χ0) is 21.1. The van der Waals surface area contributed by atoms with E-state index in [4.69, 9.17) is 0 Å². The predicted molar refractivity (Wildman–Crippen MR) is 113 cm³/mol. The molecule has 1 aliphatic rings. The summed E-state index contributed by atoms with van der Waals surface area (Å²) in [4.78, 5) is 5.27. The second-order valence-corrected chi connectivity index (χ2v) is 6.89. The van der Waals surface area contributed by atoms with Gasteiger partial charge in [-0.25, -0.2) is 8.78 Å². The van der Waals surface area contributed by atoms with Gasteiger partial charge in [0.05, 0.1) is 5.69 Å². The summed E-state index contributed by atoms with van der Waals surface area (Å²) in [6.07, 6.45) is 2.75. The summed E-state index contributed by atoms with van der Waals surface area (Å²) < 4.78 is 55.0. The van der Waals surface area contributed by atoms with Gasteiger partial charge in [-0.15, -0.1) is 0 Å². The Hall–Kier alpha value is -3.35. The van der Waals surface area contributed by atoms with Gasteiger partial charge in [0.15, 0.2) is 0 Å². The van der Waals surface area contributed by atoms with Crippen molar-refractivity contribution in [1.29, 1.82) is 0 Å². The summed E-state index contributed by atoms with van der Waals surface area (Å²) in [7, 11) is -2.84. The molecule has 7 heteroatoms. The van der Waals surface area contributed by atoms with Crippen molar-refractivity contribution in [3.63, 3.8) is 0 Å². The molecule has 2 nitrogen and oxygen atoms in total. The van der Waals surface area contributed by atoms with Crippen molar-refractivity contribution in [2.75, 3.05) is 4.81 Å². The number of rotatable bonds is 5. The first-order valence-electron chi connectivity index (χ1n) is 9.47. The molecule has 0 saturated heterocycles. The number of aliphatic imine (C=N–C) groups is 1. The first-order chi connectivity index (χ1) is 14.5. The molecule has 0 atom stereocenters. The van der Waals surface area contributed by atoms with E-state index in [0.717, 1.165) is 22.5 Å². The van der Waals surface area contributed by atoms with E-state index in [1.165, 1.54) is 36.4 Å². The van der Waals surface area contributed by atoms with Gasteiger partial charge in [0.1, 0.15) is 11.6 Å². The molecule has 0 heterocycles. The van der Waals surface area contributed by atoms with Crippen molar-refractivity contribution < 1.29 is 17.4 Å². The predicted octanol–water partition coefficient (Wildman–Crippen LogP) is 6.46. The Morgan fingerprint density at radius 1 is 0.800 bits per heavy atom. The van der Waals surface area contributed by atoms with Crippen molar-refractivity contribution in [1.82, 2.24) is 0 Å². The van der Waals surface area contributed by atoms with Crippen LogP contribution in [0.1, 0.15) is 17.5 Å². The molecule has 0 aromatic heterocycles. The molecule has 150 valence electrons. The normalized spacial score (nSPS) is 13.5. The van der Waals surface area contributed by atoms with Crippen LogP contribution in [0.4, 0.5) is 28.8 Å². The van der Waals surface area contributed by atoms with Crippen molar-refractivity contribution in [2.24, 2.45) is 4.99 Å². The van der Waals surface area contributed by atoms with E-state index in [-0.39, 0.29) is 11.5 Å². The van der Waals surface area contributed by atoms with Gasteiger partial charge in [0.2, 0.25) is 0 Å². The van der Waals surface area contributed by atoms with Crippen molar-refractivity contribution in [2.45, 2.75) is 12.8 Å². The van der Waals surface area contributed by atoms with Crippen LogP contribution in [-0.4, -0.2) is 13.6 Å². The van der Waals surface area contributed by atoms with Crippen LogP contribution < -0.4 is 4.81 Å². The zero-order valence-electron chi connectivity index (χ0n) is 15.9. The minimum atomic E-state index is -2.84. The second-order valence-electron chi connectivity index (χ2n) is 6.89. The summed E-state index contributed by atoms with van der Waals surface area (Å²) in [6, 6.07) is 18.0. The lowest BCUT2D eigenvalue weighted by Gasteiger charge is -2.31. The lowest BCUT2D eigenvalue weighted by atomic mass is 9.86. The minimum Gasteiger partial charge on any atom is -0.325 e. The van der Waals surface area contributed by atoms with Gasteiger partial charge in [-0.2, -0.15) is 0 Å². The molecule has 0 N–H and O–H groups in total. The summed E-state index contributed by atoms with van der Waals surface area (Å²) >= 11 is 0. The van der Waals surface area contributed by atoms with E-state index in [9.17, 15) is 17.4 Å². The molecule has 3 aromatic carbocycles. The number of hydrogen-bond donors (Lipinski definition) is 0. The van der Waals surface area contributed by atoms with Crippen molar-refractivity contribution >= 4 is 30.7 Å². The number of halogens is 4. The van der Waals surface area contributed by atoms with Crippen LogP contribution in [0.25, 0.3) is 5.70 Å². The number of anilines is 1. The smallest absolute Gasteiger partial charge is 0.325 e. The molecule has 0 bridgehead atoms. The molecule has 0 unspecified atom stereocenters. The van der Waals surface area contributed by atoms with Crippen molar-refractivity contribution in [3.8, 4) is 0 Å². The molecule has 0 saturated carbocycles. The maximum Gasteiger partial charge on any atom is 0.678 e. The lowest BCUT2D eigenvalue weighted by molar-refractivity contribution is 0.627. The van der Waals surface area contributed by atoms with Crippen molar-refractivity contribution in [3.05, 3.63) is 101 Å². The molecule has 0 spiro atoms. The second kappa shape index (κ2) is 8.57. The van der Waals surface area contributed by atoms with E-state index in [1.807, 2.05) is 12.1 Å². The third-order valence-corrected chi connectivity index (χ3v) is 4.98. The van der Waals surface area contributed by atoms with Crippen LogP contribution in [0.3, 0.4) is 0 Å². The Kier molecular flexibility index (Phi) is 5.70. The number of benzene rings is 3. The van der Waals surface area contributed by atoms with Gasteiger partial charge in [-0.3, -0.25) is 13.6 Å². The molecule has 1 aliphatic carbocycles. The molecule has 3 aromatic rings. The van der Waals surface area contributed by atoms with Gasteiger partial charge in [-0.1, -0.05) is 24.3 Å². The van der Waals surface area contributed by atoms with Crippen LogP contribution in [0, 0.1) is 11.6 Å². The number of fused-ring (bicyclic) bond motifs is 1. The minimum absolute atomic E-state index is 0.186. The first-order valence-corrected chi connectivity index (χ1v) is 9.47. The third kappa shape index (κ3) is 4.15. The zero-order valence-corrected chi connectivity index (χ0v) is 15.9. The standard InChI is InChI=1S/C23H17BF4N2/c25-18-7-11-20(12-8-18)29-15-17-6-5-16-3-1-2-4-22(16)23(17)30(24(27)28)21-13-9-19(26)10-14-21/h1-4,7-15H,5-6H2. The molecule has 30 heavy (non-hydrogen) atoms. The molecule has 4 rings (SSSR count). The van der Waals surface area contributed by atoms with Gasteiger partial charge < -0.3 is 4.81 Å². The Morgan fingerprint density at radius 2 is 1.43 bits per heavy atom. The highest BCUT2D eigenvalue weighted by Gasteiger charge is 2.33. The molecule has 0 fully saturated rings. The Bertz CT molecular complexity index is 1090. The van der Waals surface area contributed by atoms with Gasteiger partial charge in [-0.05, 0) is 72.5 Å². The molecule has 0 radical (unpaired) electrons. The summed E-state index contributed by atoms with van der Waals surface area (Å²) in [6.45, 7) is 0. The molecule has 0 aliphatic heterocycles. The summed E-state index contributed by atoms with van der Waals surface area (Å²) in [5.41, 5.74) is 3.32. The maximum absolute atomic E-state index is 14.3. The van der Waals surface area contributed by atoms with Gasteiger partial charge in [0.25, 0.3) is 0 Å². The fourth-order valence-electron chi connectivity index (χ4n) is 3.56. The number of nitrogens with zero attached hydrogens (tertiary/aromatic N) is 2. The maximum atomic E-state index is 14.3. The fraction of sp³-hybridized carbons (Fsp3) is 0.0870. The highest BCUT2D eigenvalue weighted by molar-refractivity contribution is 6.52. The monoisotopic (exact) mass is 408 g/mol. The van der Waals surface area contributed by atoms with Crippen LogP contribution >= 0.6 is 0 Å². The van der Waals surface area contributed by atoms with E-state index in [2.05, 4.69) is 4.99 Å². The third-order valence-electron chi connectivity index (χ3n) is 4.98. The van der Waals surface area contributed by atoms with Crippen LogP contribution in [0.5, 0.6) is 0 Å². The van der Waals surface area contributed by atoms with Crippen LogP contribution in [0.15, 0.2) is 83.4 Å². The van der Waals surface area contributed by atoms with Crippen LogP contribution in [-0.2, 0) is 6.42 Å². The average molecular weight is 408 g/mol. The molecular formula is C23H17BF4N2.